The number of ketones is 2. The summed E-state index contributed by atoms with van der Waals surface area (Å²) in [6.07, 6.45) is 3.08. The molecule has 0 saturated carbocycles. The number of aromatic hydroxyl groups is 2. The maximum atomic E-state index is 13.8. The van der Waals surface area contributed by atoms with Gasteiger partial charge in [-0.15, -0.1) is 11.8 Å². The largest absolute Gasteiger partial charge is 0.507 e. The molecule has 1 saturated heterocycles. The Morgan fingerprint density at radius 3 is 2.37 bits per heavy atom. The van der Waals surface area contributed by atoms with Crippen LogP contribution >= 0.6 is 11.8 Å². The molecule has 0 spiro atoms. The summed E-state index contributed by atoms with van der Waals surface area (Å²) in [4.78, 5) is 30.4. The van der Waals surface area contributed by atoms with E-state index in [4.69, 9.17) is 4.74 Å². The van der Waals surface area contributed by atoms with Gasteiger partial charge in [0, 0.05) is 38.6 Å². The third-order valence-electron chi connectivity index (χ3n) is 7.35. The maximum Gasteiger partial charge on any atom is 0.198 e. The van der Waals surface area contributed by atoms with Crippen LogP contribution in [0.5, 0.6) is 11.5 Å². The van der Waals surface area contributed by atoms with Crippen LogP contribution in [0.4, 0.5) is 0 Å². The normalized spacial score (nSPS) is 21.9. The summed E-state index contributed by atoms with van der Waals surface area (Å²) in [5, 5.41) is 23.2. The molecule has 35 heavy (non-hydrogen) atoms. The van der Waals surface area contributed by atoms with E-state index in [1.165, 1.54) is 11.8 Å². The molecule has 1 aliphatic carbocycles. The topological polar surface area (TPSA) is 87.1 Å². The molecule has 5 rings (SSSR count). The van der Waals surface area contributed by atoms with Gasteiger partial charge in [0.25, 0.3) is 0 Å². The Balaban J connectivity index is 1.65. The number of hydrogen-bond acceptors (Lipinski definition) is 7. The molecule has 3 atom stereocenters. The zero-order chi connectivity index (χ0) is 25.2. The summed E-state index contributed by atoms with van der Waals surface area (Å²) in [6, 6.07) is 8.80. The smallest absolute Gasteiger partial charge is 0.198 e. The molecular formula is C28H29NO5S. The Bertz CT molecular complexity index is 1400. The highest BCUT2D eigenvalue weighted by molar-refractivity contribution is 7.98. The molecule has 3 aromatic rings. The fourth-order valence-electron chi connectivity index (χ4n) is 5.66. The third-order valence-corrected chi connectivity index (χ3v) is 8.13. The molecule has 0 bridgehead atoms. The van der Waals surface area contributed by atoms with Crippen molar-refractivity contribution in [1.29, 1.82) is 0 Å². The van der Waals surface area contributed by atoms with Gasteiger partial charge in [0.2, 0.25) is 0 Å². The van der Waals surface area contributed by atoms with Gasteiger partial charge in [-0.25, -0.2) is 0 Å². The van der Waals surface area contributed by atoms with Crippen molar-refractivity contribution in [3.05, 3.63) is 63.7 Å². The molecule has 1 heterocycles. The predicted octanol–water partition coefficient (Wildman–Crippen LogP) is 5.23. The molecular weight excluding hydrogens is 462 g/mol. The number of nitrogens with zero attached hydrogens (tertiary/aromatic N) is 1. The van der Waals surface area contributed by atoms with E-state index in [1.54, 1.807) is 24.3 Å². The van der Waals surface area contributed by atoms with Gasteiger partial charge in [0.15, 0.2) is 11.6 Å². The Morgan fingerprint density at radius 2 is 1.71 bits per heavy atom. The monoisotopic (exact) mass is 491 g/mol. The molecule has 0 amide bonds. The predicted molar refractivity (Wildman–Crippen MR) is 137 cm³/mol. The minimum atomic E-state index is -0.416. The van der Waals surface area contributed by atoms with Crippen LogP contribution in [0, 0.1) is 6.92 Å². The Kier molecular flexibility index (Phi) is 5.90. The third kappa shape index (κ3) is 3.64. The summed E-state index contributed by atoms with van der Waals surface area (Å²) in [6.45, 7) is 3.89. The molecule has 2 aliphatic rings. The number of likely N-dealkylation sites (N-methyl/N-ethyl adjacent to an activating group) is 1. The number of phenols is 2. The number of fused-ring (bicyclic) bond motifs is 4. The first-order valence-electron chi connectivity index (χ1n) is 11.8. The zero-order valence-corrected chi connectivity index (χ0v) is 21.3. The van der Waals surface area contributed by atoms with Crippen LogP contribution in [0.1, 0.15) is 68.8 Å². The average molecular weight is 492 g/mol. The molecule has 6 nitrogen and oxygen atoms in total. The molecule has 182 valence electrons. The second-order valence-corrected chi connectivity index (χ2v) is 10.6. The number of ether oxygens (including phenoxy) is 1. The fraction of sp³-hybridized carbons (Fsp3) is 0.357. The van der Waals surface area contributed by atoms with E-state index in [1.807, 2.05) is 40.3 Å². The number of aryl methyl sites for hydroxylation is 1. The Morgan fingerprint density at radius 1 is 1.00 bits per heavy atom. The minimum Gasteiger partial charge on any atom is -0.507 e. The molecule has 2 N–H and O–H groups in total. The SMILES string of the molecule is CSc1cc2c(c3c(O)cc(C)cc13)C(=O)c1ccc([C@H]3CC[C@H](N(C)C)[C@H](C)O3)c(O)c1C2=O. The maximum absolute atomic E-state index is 13.8. The Hall–Kier alpha value is -2.87. The summed E-state index contributed by atoms with van der Waals surface area (Å²) in [5.41, 5.74) is 1.95. The summed E-state index contributed by atoms with van der Waals surface area (Å²) >= 11 is 1.44. The van der Waals surface area contributed by atoms with Crippen LogP contribution in [0.3, 0.4) is 0 Å². The summed E-state index contributed by atoms with van der Waals surface area (Å²) in [7, 11) is 4.04. The molecule has 1 fully saturated rings. The van der Waals surface area contributed by atoms with Crippen molar-refractivity contribution in [2.45, 2.75) is 49.8 Å². The molecule has 7 heteroatoms. The highest BCUT2D eigenvalue weighted by Gasteiger charge is 2.38. The van der Waals surface area contributed by atoms with E-state index in [2.05, 4.69) is 4.90 Å². The van der Waals surface area contributed by atoms with Gasteiger partial charge in [-0.3, -0.25) is 9.59 Å². The quantitative estimate of drug-likeness (QED) is 0.380. The standard InChI is InChI=1S/C28H29NO5S/c1-13-10-17-22(35-5)12-18-24(23(17)20(30)11-13)27(32)16-7-6-15(26(31)25(16)28(18)33)21-9-8-19(29(3)4)14(2)34-21/h6-7,10-12,14,19,21,30-31H,8-9H2,1-5H3/t14-,19-,21+/m0/s1. The number of hydrogen-bond donors (Lipinski definition) is 2. The van der Waals surface area contributed by atoms with Crippen LogP contribution in [0.25, 0.3) is 10.8 Å². The van der Waals surface area contributed by atoms with Gasteiger partial charge < -0.3 is 19.8 Å². The summed E-state index contributed by atoms with van der Waals surface area (Å²) < 4.78 is 6.24. The lowest BCUT2D eigenvalue weighted by atomic mass is 9.79. The second kappa shape index (κ2) is 8.66. The summed E-state index contributed by atoms with van der Waals surface area (Å²) in [5.74, 6) is -1.01. The number of benzene rings is 3. The van der Waals surface area contributed by atoms with Crippen LogP contribution in [0.2, 0.25) is 0 Å². The van der Waals surface area contributed by atoms with E-state index in [0.717, 1.165) is 22.3 Å². The lowest BCUT2D eigenvalue weighted by Gasteiger charge is -2.38. The van der Waals surface area contributed by atoms with Crippen LogP contribution in [0.15, 0.2) is 35.2 Å². The number of thioether (sulfide) groups is 1. The molecule has 1 aliphatic heterocycles. The van der Waals surface area contributed by atoms with Crippen molar-refractivity contribution in [1.82, 2.24) is 4.90 Å². The Labute approximate surface area is 208 Å². The van der Waals surface area contributed by atoms with Gasteiger partial charge in [0.05, 0.1) is 17.8 Å². The van der Waals surface area contributed by atoms with Crippen LogP contribution in [-0.2, 0) is 4.74 Å². The minimum absolute atomic E-state index is 0.0176. The van der Waals surface area contributed by atoms with E-state index < -0.39 is 5.78 Å². The lowest BCUT2D eigenvalue weighted by Crippen LogP contribution is -2.43. The lowest BCUT2D eigenvalue weighted by molar-refractivity contribution is -0.0830. The van der Waals surface area contributed by atoms with Crippen molar-refractivity contribution in [3.8, 4) is 11.5 Å². The van der Waals surface area contributed by atoms with Crippen molar-refractivity contribution in [3.63, 3.8) is 0 Å². The van der Waals surface area contributed by atoms with Crippen molar-refractivity contribution in [2.24, 2.45) is 0 Å². The van der Waals surface area contributed by atoms with E-state index in [9.17, 15) is 19.8 Å². The van der Waals surface area contributed by atoms with Gasteiger partial charge >= 0.3 is 0 Å². The first-order valence-corrected chi connectivity index (χ1v) is 13.0. The van der Waals surface area contributed by atoms with E-state index >= 15 is 0 Å². The molecule has 0 unspecified atom stereocenters. The highest BCUT2D eigenvalue weighted by atomic mass is 32.2. The van der Waals surface area contributed by atoms with Gasteiger partial charge in [-0.1, -0.05) is 12.1 Å². The highest BCUT2D eigenvalue weighted by Crippen LogP contribution is 2.45. The van der Waals surface area contributed by atoms with Gasteiger partial charge in [-0.05, 0) is 76.2 Å². The van der Waals surface area contributed by atoms with Crippen molar-refractivity contribution in [2.75, 3.05) is 20.4 Å². The number of carbonyl (C=O) groups excluding carboxylic acids is 2. The molecule has 0 aromatic heterocycles. The zero-order valence-electron chi connectivity index (χ0n) is 20.5. The first kappa shape index (κ1) is 23.9. The molecule has 0 radical (unpaired) electrons. The van der Waals surface area contributed by atoms with Crippen molar-refractivity contribution < 1.29 is 24.5 Å². The van der Waals surface area contributed by atoms with Gasteiger partial charge in [-0.2, -0.15) is 0 Å². The number of phenolic OH excluding ortho intramolecular Hbond substituents is 2. The van der Waals surface area contributed by atoms with E-state index in [-0.39, 0.29) is 57.8 Å². The first-order chi connectivity index (χ1) is 16.6. The second-order valence-electron chi connectivity index (χ2n) is 9.73. The van der Waals surface area contributed by atoms with Crippen LogP contribution < -0.4 is 0 Å². The van der Waals surface area contributed by atoms with Gasteiger partial charge in [0.1, 0.15) is 11.5 Å². The van der Waals surface area contributed by atoms with Crippen molar-refractivity contribution >= 4 is 34.1 Å². The number of rotatable bonds is 3. The molecule has 3 aromatic carbocycles. The van der Waals surface area contributed by atoms with Crippen LogP contribution in [-0.4, -0.2) is 59.2 Å². The number of carbonyl (C=O) groups is 2. The average Bonchev–Trinajstić information content (AvgIpc) is 2.81. The fourth-order valence-corrected chi connectivity index (χ4v) is 6.28. The van der Waals surface area contributed by atoms with E-state index in [0.29, 0.717) is 17.4 Å².